The van der Waals surface area contributed by atoms with Gasteiger partial charge in [0, 0.05) is 54.9 Å². The molecular weight excluding hydrogens is 565 g/mol. The molecule has 3 saturated heterocycles. The molecule has 3 aliphatic rings. The smallest absolute Gasteiger partial charge is 0.318 e. The minimum absolute atomic E-state index is 0.0484. The summed E-state index contributed by atoms with van der Waals surface area (Å²) < 4.78 is 48.6. The first-order chi connectivity index (χ1) is 21.3. The number of anilines is 1. The largest absolute Gasteiger partial charge is 0.467 e. The van der Waals surface area contributed by atoms with E-state index in [1.54, 1.807) is 30.5 Å². The summed E-state index contributed by atoms with van der Waals surface area (Å²) in [6.07, 6.45) is 10.7. The minimum Gasteiger partial charge on any atom is -0.467 e. The van der Waals surface area contributed by atoms with Gasteiger partial charge in [-0.1, -0.05) is 44.0 Å². The molecule has 0 aliphatic carbocycles. The van der Waals surface area contributed by atoms with Gasteiger partial charge in [0.1, 0.15) is 29.0 Å². The maximum absolute atomic E-state index is 16.1. The summed E-state index contributed by atoms with van der Waals surface area (Å²) in [6, 6.07) is 9.54. The third-order valence-corrected chi connectivity index (χ3v) is 9.09. The van der Waals surface area contributed by atoms with Crippen LogP contribution in [-0.4, -0.2) is 77.4 Å². The summed E-state index contributed by atoms with van der Waals surface area (Å²) >= 11 is 0. The van der Waals surface area contributed by atoms with Gasteiger partial charge in [0.25, 0.3) is 0 Å². The van der Waals surface area contributed by atoms with E-state index in [1.165, 1.54) is 13.2 Å². The van der Waals surface area contributed by atoms with Crippen LogP contribution >= 0.6 is 0 Å². The van der Waals surface area contributed by atoms with Crippen molar-refractivity contribution in [3.8, 4) is 29.6 Å². The van der Waals surface area contributed by atoms with Gasteiger partial charge in [0.05, 0.1) is 18.1 Å². The van der Waals surface area contributed by atoms with Crippen LogP contribution in [0.1, 0.15) is 45.1 Å². The number of fused-ring (bicyclic) bond motifs is 4. The maximum atomic E-state index is 16.1. The van der Waals surface area contributed by atoms with Gasteiger partial charge in [-0.05, 0) is 43.7 Å². The molecule has 5 heterocycles. The van der Waals surface area contributed by atoms with Gasteiger partial charge in [-0.25, -0.2) is 13.2 Å². The molecule has 3 aliphatic heterocycles. The Hall–Kier alpha value is -3.94. The third-order valence-electron chi connectivity index (χ3n) is 9.09. The maximum Gasteiger partial charge on any atom is 0.318 e. The lowest BCUT2D eigenvalue weighted by Gasteiger charge is -2.34. The molecule has 7 rings (SSSR count). The normalized spacial score (nSPS) is 23.1. The lowest BCUT2D eigenvalue weighted by Crippen LogP contribution is -2.51. The first-order valence-corrected chi connectivity index (χ1v) is 15.3. The van der Waals surface area contributed by atoms with Crippen LogP contribution in [0, 0.1) is 24.0 Å². The second-order valence-electron chi connectivity index (χ2n) is 11.7. The predicted octanol–water partition coefficient (Wildman–Crippen LogP) is 5.88. The number of terminal acetylenes is 1. The van der Waals surface area contributed by atoms with E-state index in [-0.39, 0.29) is 22.8 Å². The summed E-state index contributed by atoms with van der Waals surface area (Å²) in [5.74, 6) is 1.84. The number of piperazine rings is 1. The van der Waals surface area contributed by atoms with Gasteiger partial charge in [-0.2, -0.15) is 9.97 Å². The number of benzene rings is 2. The number of aromatic nitrogens is 3. The number of rotatable bonds is 5. The van der Waals surface area contributed by atoms with E-state index in [9.17, 15) is 8.78 Å². The van der Waals surface area contributed by atoms with Gasteiger partial charge in [0.15, 0.2) is 5.82 Å². The lowest BCUT2D eigenvalue weighted by atomic mass is 9.96. The fourth-order valence-corrected chi connectivity index (χ4v) is 6.94. The second-order valence-corrected chi connectivity index (χ2v) is 11.7. The first-order valence-electron chi connectivity index (χ1n) is 15.3. The predicted molar refractivity (Wildman–Crippen MR) is 168 cm³/mol. The molecule has 230 valence electrons. The van der Waals surface area contributed by atoms with Crippen LogP contribution in [-0.2, 0) is 0 Å². The standard InChI is InChI=1S/C26H21F2N5O.C8H16FN/c1-3-17-20(27)10-7-14-5-4-6-18(21(14)17)23-22(28)24-19(11-29-23)25(32-26(31-24)34-2)33-12-15-8-9-16(13-33)30-15;1-3-8-5-7(9)6-10(8)4-2/h1,4-7,10-11,15-16,30H,8-9,12-13H2,2H3;7-8H,3-6H2,1-2H3. The molecule has 0 spiro atoms. The summed E-state index contributed by atoms with van der Waals surface area (Å²) in [7, 11) is 1.46. The van der Waals surface area contributed by atoms with Crippen molar-refractivity contribution in [1.82, 2.24) is 25.2 Å². The number of hydrogen-bond donors (Lipinski definition) is 1. The Morgan fingerprint density at radius 2 is 1.84 bits per heavy atom. The summed E-state index contributed by atoms with van der Waals surface area (Å²) in [5.41, 5.74) is 0.635. The zero-order valence-electron chi connectivity index (χ0n) is 25.3. The number of nitrogens with one attached hydrogen (secondary N) is 1. The molecule has 44 heavy (non-hydrogen) atoms. The highest BCUT2D eigenvalue weighted by molar-refractivity contribution is 6.02. The molecule has 4 unspecified atom stereocenters. The van der Waals surface area contributed by atoms with Crippen molar-refractivity contribution in [2.45, 2.75) is 63.8 Å². The fraction of sp³-hybridized carbons (Fsp3) is 0.441. The van der Waals surface area contributed by atoms with Crippen LogP contribution in [0.4, 0.5) is 19.0 Å². The van der Waals surface area contributed by atoms with E-state index in [2.05, 4.69) is 49.8 Å². The monoisotopic (exact) mass is 602 g/mol. The zero-order chi connectivity index (χ0) is 31.0. The highest BCUT2D eigenvalue weighted by Crippen LogP contribution is 2.37. The lowest BCUT2D eigenvalue weighted by molar-refractivity contribution is 0.251. The molecule has 4 aromatic rings. The van der Waals surface area contributed by atoms with Gasteiger partial charge >= 0.3 is 6.01 Å². The molecule has 0 amide bonds. The van der Waals surface area contributed by atoms with Crippen molar-refractivity contribution in [2.75, 3.05) is 38.2 Å². The molecule has 3 fully saturated rings. The number of halogens is 3. The quantitative estimate of drug-likeness (QED) is 0.286. The number of pyridine rings is 1. The topological polar surface area (TPSA) is 66.4 Å². The Kier molecular flexibility index (Phi) is 8.61. The molecular formula is C34H37F3N6O. The van der Waals surface area contributed by atoms with Crippen molar-refractivity contribution in [3.05, 3.63) is 53.7 Å². The Morgan fingerprint density at radius 3 is 2.50 bits per heavy atom. The highest BCUT2D eigenvalue weighted by Gasteiger charge is 2.34. The first kappa shape index (κ1) is 30.1. The van der Waals surface area contributed by atoms with Crippen LogP contribution in [0.3, 0.4) is 0 Å². The SMILES string of the molecule is C#Cc1c(F)ccc2cccc(-c3ncc4c(N5CC6CCC(C5)N6)nc(OC)nc4c3F)c12.CCC1CC(F)CN1CC. The number of alkyl halides is 1. The van der Waals surface area contributed by atoms with Crippen LogP contribution in [0.2, 0.25) is 0 Å². The number of nitrogens with zero attached hydrogens (tertiary/aromatic N) is 5. The van der Waals surface area contributed by atoms with Gasteiger partial charge < -0.3 is 15.0 Å². The Morgan fingerprint density at radius 1 is 1.07 bits per heavy atom. The van der Waals surface area contributed by atoms with E-state index in [0.717, 1.165) is 45.3 Å². The summed E-state index contributed by atoms with van der Waals surface area (Å²) in [4.78, 5) is 17.7. The average Bonchev–Trinajstić information content (AvgIpc) is 3.60. The van der Waals surface area contributed by atoms with Crippen LogP contribution in [0.15, 0.2) is 36.5 Å². The Labute approximate surface area is 255 Å². The average molecular weight is 603 g/mol. The van der Waals surface area contributed by atoms with Crippen LogP contribution in [0.25, 0.3) is 32.9 Å². The summed E-state index contributed by atoms with van der Waals surface area (Å²) in [5, 5.41) is 5.23. The van der Waals surface area contributed by atoms with Gasteiger partial charge in [-0.3, -0.25) is 9.88 Å². The third kappa shape index (κ3) is 5.55. The minimum atomic E-state index is -0.628. The molecule has 0 radical (unpaired) electrons. The van der Waals surface area contributed by atoms with Crippen molar-refractivity contribution in [3.63, 3.8) is 0 Å². The molecule has 0 saturated carbocycles. The van der Waals surface area contributed by atoms with Crippen molar-refractivity contribution in [1.29, 1.82) is 0 Å². The second kappa shape index (κ2) is 12.6. The number of ether oxygens (including phenoxy) is 1. The van der Waals surface area contributed by atoms with E-state index < -0.39 is 17.8 Å². The highest BCUT2D eigenvalue weighted by atomic mass is 19.1. The van der Waals surface area contributed by atoms with E-state index in [1.807, 2.05) is 0 Å². The van der Waals surface area contributed by atoms with Gasteiger partial charge in [-0.15, -0.1) is 6.42 Å². The van der Waals surface area contributed by atoms with Gasteiger partial charge in [0.2, 0.25) is 0 Å². The molecule has 7 nitrogen and oxygen atoms in total. The molecule has 1 N–H and O–H groups in total. The molecule has 10 heteroatoms. The number of likely N-dealkylation sites (tertiary alicyclic amines) is 1. The van der Waals surface area contributed by atoms with Crippen LogP contribution in [0.5, 0.6) is 6.01 Å². The Balaban J connectivity index is 0.000000294. The number of methoxy groups -OCH3 is 1. The zero-order valence-corrected chi connectivity index (χ0v) is 25.3. The molecule has 2 aromatic heterocycles. The van der Waals surface area contributed by atoms with E-state index >= 15 is 4.39 Å². The molecule has 4 atom stereocenters. The van der Waals surface area contributed by atoms with Crippen molar-refractivity contribution >= 4 is 27.5 Å². The van der Waals surface area contributed by atoms with E-state index in [4.69, 9.17) is 11.2 Å². The molecule has 2 bridgehead atoms. The van der Waals surface area contributed by atoms with Crippen molar-refractivity contribution < 1.29 is 17.9 Å². The summed E-state index contributed by atoms with van der Waals surface area (Å²) in [6.45, 7) is 7.42. The van der Waals surface area contributed by atoms with E-state index in [0.29, 0.717) is 52.2 Å². The van der Waals surface area contributed by atoms with Crippen LogP contribution < -0.4 is 15.0 Å². The fourth-order valence-electron chi connectivity index (χ4n) is 6.94. The van der Waals surface area contributed by atoms with Crippen molar-refractivity contribution in [2.24, 2.45) is 0 Å². The Bertz CT molecular complexity index is 1700. The number of hydrogen-bond acceptors (Lipinski definition) is 7. The molecule has 2 aromatic carbocycles.